The van der Waals surface area contributed by atoms with E-state index in [2.05, 4.69) is 24.3 Å². The summed E-state index contributed by atoms with van der Waals surface area (Å²) in [7, 11) is 1.34. The fraction of sp³-hybridized carbons (Fsp3) is 0.444. The van der Waals surface area contributed by atoms with Crippen LogP contribution in [-0.4, -0.2) is 15.7 Å². The molecule has 8 heteroatoms. The Labute approximate surface area is 155 Å². The Bertz CT molecular complexity index is 786. The zero-order valence-electron chi connectivity index (χ0n) is 14.8. The molecule has 1 atom stereocenters. The molecule has 0 aliphatic carbocycles. The van der Waals surface area contributed by atoms with Gasteiger partial charge in [-0.1, -0.05) is 31.9 Å². The van der Waals surface area contributed by atoms with E-state index in [0.29, 0.717) is 23.0 Å². The molecule has 0 radical (unpaired) electrons. The zero-order valence-corrected chi connectivity index (χ0v) is 15.6. The second-order valence-corrected chi connectivity index (χ2v) is 6.81. The monoisotopic (exact) mass is 387 g/mol. The van der Waals surface area contributed by atoms with Gasteiger partial charge in [0, 0.05) is 24.0 Å². The smallest absolute Gasteiger partial charge is 0.322 e. The lowest BCUT2D eigenvalue weighted by Crippen LogP contribution is -2.18. The van der Waals surface area contributed by atoms with Crippen LogP contribution in [0.4, 0.5) is 18.9 Å². The summed E-state index contributed by atoms with van der Waals surface area (Å²) in [5, 5.41) is 6.45. The van der Waals surface area contributed by atoms with Gasteiger partial charge < -0.3 is 5.32 Å². The van der Waals surface area contributed by atoms with Gasteiger partial charge in [0.15, 0.2) is 5.69 Å². The summed E-state index contributed by atoms with van der Waals surface area (Å²) in [6.07, 6.45) is -1.06. The van der Waals surface area contributed by atoms with Crippen LogP contribution < -0.4 is 5.32 Å². The standard InChI is InChI=1S/C18H21ClF3N3O/c1-4-11(2)5-6-12-9-13(19)7-8-15(12)23-17(26)14-10-25(3)24-16(14)18(20,21)22/h7-11H,4-6H2,1-3H3,(H,23,26). The van der Waals surface area contributed by atoms with Gasteiger partial charge in [0.25, 0.3) is 5.91 Å². The van der Waals surface area contributed by atoms with Crippen LogP contribution in [0.1, 0.15) is 48.3 Å². The molecule has 1 aromatic carbocycles. The first-order valence-electron chi connectivity index (χ1n) is 8.32. The second-order valence-electron chi connectivity index (χ2n) is 6.37. The van der Waals surface area contributed by atoms with Crippen molar-refractivity contribution in [2.45, 2.75) is 39.3 Å². The van der Waals surface area contributed by atoms with Crippen molar-refractivity contribution >= 4 is 23.2 Å². The fourth-order valence-corrected chi connectivity index (χ4v) is 2.75. The Morgan fingerprint density at radius 1 is 1.38 bits per heavy atom. The second kappa shape index (κ2) is 8.12. The predicted molar refractivity (Wildman–Crippen MR) is 95.4 cm³/mol. The molecule has 2 rings (SSSR count). The quantitative estimate of drug-likeness (QED) is 0.728. The number of halogens is 4. The molecule has 1 unspecified atom stereocenters. The molecule has 2 aromatic rings. The van der Waals surface area contributed by atoms with Crippen molar-refractivity contribution in [2.75, 3.05) is 5.32 Å². The normalized spacial score (nSPS) is 12.9. The van der Waals surface area contributed by atoms with Gasteiger partial charge in [0.1, 0.15) is 0 Å². The van der Waals surface area contributed by atoms with E-state index in [1.54, 1.807) is 18.2 Å². The van der Waals surface area contributed by atoms with Crippen LogP contribution in [0.5, 0.6) is 0 Å². The number of carbonyl (C=O) groups excluding carboxylic acids is 1. The summed E-state index contributed by atoms with van der Waals surface area (Å²) in [4.78, 5) is 12.4. The van der Waals surface area contributed by atoms with Gasteiger partial charge in [-0.05, 0) is 42.5 Å². The highest BCUT2D eigenvalue weighted by Gasteiger charge is 2.39. The Hall–Kier alpha value is -2.02. The molecule has 0 aliphatic rings. The minimum atomic E-state index is -4.70. The van der Waals surface area contributed by atoms with Crippen LogP contribution in [-0.2, 0) is 19.6 Å². The van der Waals surface area contributed by atoms with Crippen LogP contribution in [0.25, 0.3) is 0 Å². The van der Waals surface area contributed by atoms with Gasteiger partial charge >= 0.3 is 6.18 Å². The summed E-state index contributed by atoms with van der Waals surface area (Å²) in [6, 6.07) is 4.93. The van der Waals surface area contributed by atoms with Gasteiger partial charge in [0.05, 0.1) is 5.56 Å². The van der Waals surface area contributed by atoms with Crippen LogP contribution in [0.15, 0.2) is 24.4 Å². The van der Waals surface area contributed by atoms with E-state index in [4.69, 9.17) is 11.6 Å². The Morgan fingerprint density at radius 3 is 2.69 bits per heavy atom. The lowest BCUT2D eigenvalue weighted by Gasteiger charge is -2.14. The molecule has 0 fully saturated rings. The van der Waals surface area contributed by atoms with Crippen molar-refractivity contribution in [3.63, 3.8) is 0 Å². The van der Waals surface area contributed by atoms with E-state index in [9.17, 15) is 18.0 Å². The lowest BCUT2D eigenvalue weighted by atomic mass is 9.98. The maximum atomic E-state index is 13.1. The topological polar surface area (TPSA) is 46.9 Å². The number of nitrogens with zero attached hydrogens (tertiary/aromatic N) is 2. The molecular formula is C18H21ClF3N3O. The predicted octanol–water partition coefficient (Wildman–Crippen LogP) is 5.32. The van der Waals surface area contributed by atoms with Crippen molar-refractivity contribution in [3.8, 4) is 0 Å². The molecule has 0 bridgehead atoms. The third-order valence-corrected chi connectivity index (χ3v) is 4.50. The molecule has 1 heterocycles. The fourth-order valence-electron chi connectivity index (χ4n) is 2.55. The number of aryl methyl sites for hydroxylation is 2. The van der Waals surface area contributed by atoms with Crippen molar-refractivity contribution in [2.24, 2.45) is 13.0 Å². The highest BCUT2D eigenvalue weighted by molar-refractivity contribution is 6.30. The van der Waals surface area contributed by atoms with Crippen LogP contribution in [0.3, 0.4) is 0 Å². The number of hydrogen-bond acceptors (Lipinski definition) is 2. The lowest BCUT2D eigenvalue weighted by molar-refractivity contribution is -0.141. The number of alkyl halides is 3. The highest BCUT2D eigenvalue weighted by Crippen LogP contribution is 2.31. The third kappa shape index (κ3) is 5.00. The number of benzene rings is 1. The van der Waals surface area contributed by atoms with E-state index in [1.165, 1.54) is 7.05 Å². The third-order valence-electron chi connectivity index (χ3n) is 4.26. The molecule has 0 aliphatic heterocycles. The SMILES string of the molecule is CCC(C)CCc1cc(Cl)ccc1NC(=O)c1cn(C)nc1C(F)(F)F. The number of rotatable bonds is 6. The molecule has 4 nitrogen and oxygen atoms in total. The first-order chi connectivity index (χ1) is 12.1. The molecule has 0 saturated heterocycles. The van der Waals surface area contributed by atoms with Crippen LogP contribution in [0, 0.1) is 5.92 Å². The zero-order chi connectivity index (χ0) is 19.5. The molecular weight excluding hydrogens is 367 g/mol. The number of aromatic nitrogens is 2. The van der Waals surface area contributed by atoms with Gasteiger partial charge in [0.2, 0.25) is 0 Å². The van der Waals surface area contributed by atoms with Gasteiger partial charge in [-0.2, -0.15) is 18.3 Å². The maximum absolute atomic E-state index is 13.1. The highest BCUT2D eigenvalue weighted by atomic mass is 35.5. The largest absolute Gasteiger partial charge is 0.435 e. The van der Waals surface area contributed by atoms with Gasteiger partial charge in [-0.15, -0.1) is 0 Å². The van der Waals surface area contributed by atoms with E-state index in [-0.39, 0.29) is 0 Å². The van der Waals surface area contributed by atoms with Crippen molar-refractivity contribution in [1.82, 2.24) is 9.78 Å². The Balaban J connectivity index is 2.27. The van der Waals surface area contributed by atoms with Crippen molar-refractivity contribution in [3.05, 3.63) is 46.2 Å². The molecule has 1 amide bonds. The summed E-state index contributed by atoms with van der Waals surface area (Å²) < 4.78 is 40.2. The number of nitrogens with one attached hydrogen (secondary N) is 1. The molecule has 0 saturated carbocycles. The summed E-state index contributed by atoms with van der Waals surface area (Å²) in [6.45, 7) is 4.21. The van der Waals surface area contributed by atoms with Gasteiger partial charge in [-0.25, -0.2) is 0 Å². The van der Waals surface area contributed by atoms with Crippen LogP contribution in [0.2, 0.25) is 5.02 Å². The van der Waals surface area contributed by atoms with E-state index in [0.717, 1.165) is 29.3 Å². The van der Waals surface area contributed by atoms with Crippen molar-refractivity contribution < 1.29 is 18.0 Å². The Morgan fingerprint density at radius 2 is 2.08 bits per heavy atom. The average Bonchev–Trinajstić information content (AvgIpc) is 2.97. The van der Waals surface area contributed by atoms with E-state index >= 15 is 0 Å². The molecule has 0 spiro atoms. The minimum absolute atomic E-state index is 0.458. The first-order valence-corrected chi connectivity index (χ1v) is 8.70. The minimum Gasteiger partial charge on any atom is -0.322 e. The number of carbonyl (C=O) groups is 1. The summed E-state index contributed by atoms with van der Waals surface area (Å²) in [5.74, 6) is -0.356. The maximum Gasteiger partial charge on any atom is 0.435 e. The van der Waals surface area contributed by atoms with Crippen molar-refractivity contribution in [1.29, 1.82) is 0 Å². The van der Waals surface area contributed by atoms with Crippen LogP contribution >= 0.6 is 11.6 Å². The molecule has 26 heavy (non-hydrogen) atoms. The number of anilines is 1. The first kappa shape index (κ1) is 20.3. The Kier molecular flexibility index (Phi) is 6.34. The number of hydrogen-bond donors (Lipinski definition) is 1. The molecule has 1 N–H and O–H groups in total. The summed E-state index contributed by atoms with van der Waals surface area (Å²) in [5.41, 5.74) is -0.460. The average molecular weight is 388 g/mol. The number of amides is 1. The molecule has 1 aromatic heterocycles. The van der Waals surface area contributed by atoms with Gasteiger partial charge in [-0.3, -0.25) is 9.48 Å². The van der Waals surface area contributed by atoms with E-state index in [1.807, 2.05) is 0 Å². The van der Waals surface area contributed by atoms with E-state index < -0.39 is 23.3 Å². The molecule has 142 valence electrons. The summed E-state index contributed by atoms with van der Waals surface area (Å²) >= 11 is 6.03.